The van der Waals surface area contributed by atoms with E-state index in [0.717, 1.165) is 22.4 Å². The Balaban J connectivity index is 2.25. The van der Waals surface area contributed by atoms with Crippen molar-refractivity contribution in [2.24, 2.45) is 0 Å². The largest absolute Gasteiger partial charge is 0.346 e. The molecule has 0 aliphatic heterocycles. The molecule has 0 fully saturated rings. The Morgan fingerprint density at radius 1 is 1.00 bits per heavy atom. The van der Waals surface area contributed by atoms with Crippen LogP contribution in [0.15, 0.2) is 47.4 Å². The predicted molar refractivity (Wildman–Crippen MR) is 110 cm³/mol. The highest BCUT2D eigenvalue weighted by atomic mass is 32.2. The lowest BCUT2D eigenvalue weighted by Crippen LogP contribution is -2.29. The average Bonchev–Trinajstić information content (AvgIpc) is 2.59. The highest BCUT2D eigenvalue weighted by molar-refractivity contribution is 7.92. The number of sulfone groups is 1. The van der Waals surface area contributed by atoms with Gasteiger partial charge in [-0.3, -0.25) is 9.10 Å². The number of amides is 1. The maximum atomic E-state index is 12.7. The van der Waals surface area contributed by atoms with Crippen LogP contribution in [0.5, 0.6) is 0 Å². The number of hydrogen-bond acceptors (Lipinski definition) is 5. The molecule has 0 radical (unpaired) electrons. The molecular weight excluding hydrogens is 400 g/mol. The Kier molecular flexibility index (Phi) is 6.20. The zero-order valence-corrected chi connectivity index (χ0v) is 18.1. The topological polar surface area (TPSA) is 101 Å². The van der Waals surface area contributed by atoms with E-state index in [1.54, 1.807) is 44.2 Å². The fourth-order valence-electron chi connectivity index (χ4n) is 2.75. The van der Waals surface area contributed by atoms with Crippen LogP contribution in [0.4, 0.5) is 5.69 Å². The lowest BCUT2D eigenvalue weighted by Gasteiger charge is -2.21. The van der Waals surface area contributed by atoms with Gasteiger partial charge in [0.15, 0.2) is 9.84 Å². The molecule has 1 unspecified atom stereocenters. The Morgan fingerprint density at radius 3 is 2.07 bits per heavy atom. The average molecular weight is 425 g/mol. The van der Waals surface area contributed by atoms with Gasteiger partial charge in [-0.2, -0.15) is 0 Å². The zero-order chi connectivity index (χ0) is 21.3. The van der Waals surface area contributed by atoms with Gasteiger partial charge in [-0.25, -0.2) is 16.8 Å². The van der Waals surface area contributed by atoms with E-state index in [9.17, 15) is 21.6 Å². The lowest BCUT2D eigenvalue weighted by atomic mass is 10.0. The van der Waals surface area contributed by atoms with Gasteiger partial charge in [0.05, 0.1) is 22.9 Å². The summed E-state index contributed by atoms with van der Waals surface area (Å²) in [6.07, 6.45) is 2.23. The molecular formula is C19H24N2O5S2. The summed E-state index contributed by atoms with van der Waals surface area (Å²) in [4.78, 5) is 12.9. The Hall–Kier alpha value is -2.39. The van der Waals surface area contributed by atoms with E-state index >= 15 is 0 Å². The van der Waals surface area contributed by atoms with Gasteiger partial charge in [0.1, 0.15) is 0 Å². The van der Waals surface area contributed by atoms with Gasteiger partial charge in [-0.05, 0) is 49.2 Å². The van der Waals surface area contributed by atoms with Crippen molar-refractivity contribution in [1.82, 2.24) is 5.32 Å². The maximum absolute atomic E-state index is 12.7. The second-order valence-electron chi connectivity index (χ2n) is 6.72. The minimum absolute atomic E-state index is 0.210. The van der Waals surface area contributed by atoms with Crippen LogP contribution in [0.1, 0.15) is 34.5 Å². The summed E-state index contributed by atoms with van der Waals surface area (Å²) in [5.74, 6) is -0.346. The van der Waals surface area contributed by atoms with Crippen LogP contribution in [-0.2, 0) is 19.9 Å². The first-order chi connectivity index (χ1) is 12.8. The van der Waals surface area contributed by atoms with Crippen LogP contribution >= 0.6 is 0 Å². The van der Waals surface area contributed by atoms with Crippen molar-refractivity contribution in [3.63, 3.8) is 0 Å². The molecule has 0 aliphatic carbocycles. The molecule has 9 heteroatoms. The van der Waals surface area contributed by atoms with Crippen molar-refractivity contribution in [3.8, 4) is 0 Å². The molecule has 1 atom stereocenters. The van der Waals surface area contributed by atoms with Crippen LogP contribution < -0.4 is 9.62 Å². The molecule has 2 rings (SSSR count). The lowest BCUT2D eigenvalue weighted by molar-refractivity contribution is 0.0939. The normalized spacial score (nSPS) is 13.0. The van der Waals surface area contributed by atoms with Crippen LogP contribution in [0.3, 0.4) is 0 Å². The number of carbonyl (C=O) groups excluding carboxylic acids is 1. The van der Waals surface area contributed by atoms with E-state index < -0.39 is 19.9 Å². The summed E-state index contributed by atoms with van der Waals surface area (Å²) in [6, 6.07) is 10.8. The molecule has 0 bridgehead atoms. The molecule has 28 heavy (non-hydrogen) atoms. The fraction of sp³-hybridized carbons (Fsp3) is 0.316. The Labute approximate surface area is 166 Å². The summed E-state index contributed by atoms with van der Waals surface area (Å²) in [5, 5.41) is 2.86. The summed E-state index contributed by atoms with van der Waals surface area (Å²) in [7, 11) is -5.30. The van der Waals surface area contributed by atoms with E-state index in [1.165, 1.54) is 19.2 Å². The molecule has 1 amide bonds. The number of benzene rings is 2. The van der Waals surface area contributed by atoms with Crippen LogP contribution in [0, 0.1) is 6.92 Å². The first-order valence-corrected chi connectivity index (χ1v) is 12.2. The van der Waals surface area contributed by atoms with Crippen molar-refractivity contribution >= 4 is 31.5 Å². The van der Waals surface area contributed by atoms with Crippen molar-refractivity contribution in [1.29, 1.82) is 0 Å². The minimum Gasteiger partial charge on any atom is -0.346 e. The third-order valence-corrected chi connectivity index (χ3v) is 6.86. The van der Waals surface area contributed by atoms with E-state index in [-0.39, 0.29) is 16.8 Å². The number of sulfonamides is 1. The van der Waals surface area contributed by atoms with Crippen LogP contribution in [-0.4, -0.2) is 42.3 Å². The van der Waals surface area contributed by atoms with E-state index in [2.05, 4.69) is 5.32 Å². The molecule has 7 nitrogen and oxygen atoms in total. The van der Waals surface area contributed by atoms with Gasteiger partial charge in [0.2, 0.25) is 10.0 Å². The third-order valence-electron chi connectivity index (χ3n) is 4.54. The fourth-order valence-corrected chi connectivity index (χ4v) is 3.94. The molecule has 0 spiro atoms. The molecule has 2 aromatic rings. The highest BCUT2D eigenvalue weighted by Crippen LogP contribution is 2.25. The van der Waals surface area contributed by atoms with Crippen LogP contribution in [0.25, 0.3) is 0 Å². The Morgan fingerprint density at radius 2 is 1.57 bits per heavy atom. The summed E-state index contributed by atoms with van der Waals surface area (Å²) in [6.45, 7) is 3.48. The Bertz CT molecular complexity index is 1090. The second kappa shape index (κ2) is 7.92. The molecule has 152 valence electrons. The van der Waals surface area contributed by atoms with E-state index in [1.807, 2.05) is 0 Å². The molecule has 2 aromatic carbocycles. The highest BCUT2D eigenvalue weighted by Gasteiger charge is 2.20. The van der Waals surface area contributed by atoms with Crippen molar-refractivity contribution in [3.05, 3.63) is 59.2 Å². The van der Waals surface area contributed by atoms with Gasteiger partial charge in [-0.1, -0.05) is 18.2 Å². The van der Waals surface area contributed by atoms with E-state index in [0.29, 0.717) is 16.8 Å². The summed E-state index contributed by atoms with van der Waals surface area (Å²) < 4.78 is 47.9. The maximum Gasteiger partial charge on any atom is 0.252 e. The molecule has 0 aliphatic rings. The third kappa shape index (κ3) is 4.90. The van der Waals surface area contributed by atoms with Gasteiger partial charge >= 0.3 is 0 Å². The number of rotatable bonds is 6. The SMILES string of the molecule is Cc1c(C(=O)NC(C)c2ccc(S(C)(=O)=O)cc2)cccc1N(C)S(C)(=O)=O. The van der Waals surface area contributed by atoms with E-state index in [4.69, 9.17) is 0 Å². The van der Waals surface area contributed by atoms with Crippen molar-refractivity contribution in [2.45, 2.75) is 24.8 Å². The minimum atomic E-state index is -3.45. The standard InChI is InChI=1S/C19H24N2O5S2/c1-13-17(7-6-8-18(13)21(3)28(5,25)26)19(22)20-14(2)15-9-11-16(12-10-15)27(4,23)24/h6-12,14H,1-5H3,(H,20,22). The number of carbonyl (C=O) groups is 1. The van der Waals surface area contributed by atoms with Gasteiger partial charge in [-0.15, -0.1) is 0 Å². The monoisotopic (exact) mass is 424 g/mol. The molecule has 0 aromatic heterocycles. The smallest absolute Gasteiger partial charge is 0.252 e. The first-order valence-electron chi connectivity index (χ1n) is 8.46. The number of nitrogens with one attached hydrogen (secondary N) is 1. The summed E-state index contributed by atoms with van der Waals surface area (Å²) >= 11 is 0. The van der Waals surface area contributed by atoms with Crippen molar-refractivity contribution < 1.29 is 21.6 Å². The number of hydrogen-bond donors (Lipinski definition) is 1. The van der Waals surface area contributed by atoms with Crippen LogP contribution in [0.2, 0.25) is 0 Å². The zero-order valence-electron chi connectivity index (χ0n) is 16.4. The predicted octanol–water partition coefficient (Wildman–Crippen LogP) is 2.29. The molecule has 0 heterocycles. The van der Waals surface area contributed by atoms with Gasteiger partial charge < -0.3 is 5.32 Å². The number of anilines is 1. The molecule has 0 saturated carbocycles. The molecule has 0 saturated heterocycles. The number of nitrogens with zero attached hydrogens (tertiary/aromatic N) is 1. The first kappa shape index (κ1) is 21.9. The van der Waals surface area contributed by atoms with Gasteiger partial charge in [0.25, 0.3) is 5.91 Å². The second-order valence-corrected chi connectivity index (χ2v) is 10.7. The molecule has 1 N–H and O–H groups in total. The summed E-state index contributed by atoms with van der Waals surface area (Å²) in [5.41, 5.74) is 2.10. The quantitative estimate of drug-likeness (QED) is 0.767. The van der Waals surface area contributed by atoms with Gasteiger partial charge in [0, 0.05) is 18.9 Å². The van der Waals surface area contributed by atoms with Crippen molar-refractivity contribution in [2.75, 3.05) is 23.9 Å².